The Morgan fingerprint density at radius 3 is 2.82 bits per heavy atom. The van der Waals surface area contributed by atoms with Gasteiger partial charge >= 0.3 is 0 Å². The van der Waals surface area contributed by atoms with Crippen LogP contribution in [-0.2, 0) is 6.42 Å². The number of benzene rings is 1. The van der Waals surface area contributed by atoms with Crippen molar-refractivity contribution in [1.82, 2.24) is 10.2 Å². The maximum atomic E-state index is 5.50. The molecule has 90 valence electrons. The zero-order valence-corrected chi connectivity index (χ0v) is 10.8. The van der Waals surface area contributed by atoms with Crippen molar-refractivity contribution in [2.75, 3.05) is 13.7 Å². The van der Waals surface area contributed by atoms with Gasteiger partial charge in [0.25, 0.3) is 0 Å². The summed E-state index contributed by atoms with van der Waals surface area (Å²) < 4.78 is 5.18. The number of methoxy groups -OCH3 is 1. The number of nitrogens with two attached hydrogens (primary N) is 1. The van der Waals surface area contributed by atoms with Crippen LogP contribution in [0, 0.1) is 6.92 Å². The molecule has 0 saturated heterocycles. The molecule has 0 aliphatic rings. The summed E-state index contributed by atoms with van der Waals surface area (Å²) in [7, 11) is 1.67. The van der Waals surface area contributed by atoms with E-state index in [2.05, 4.69) is 10.2 Å². The molecule has 0 atom stereocenters. The van der Waals surface area contributed by atoms with E-state index < -0.39 is 0 Å². The van der Waals surface area contributed by atoms with Gasteiger partial charge in [0.2, 0.25) is 0 Å². The van der Waals surface area contributed by atoms with Crippen molar-refractivity contribution in [3.05, 3.63) is 28.8 Å². The molecule has 0 aliphatic carbocycles. The number of aryl methyl sites for hydroxylation is 1. The first-order valence-corrected chi connectivity index (χ1v) is 6.23. The molecule has 1 aromatic carbocycles. The summed E-state index contributed by atoms with van der Waals surface area (Å²) in [6.07, 6.45) is 0.785. The fraction of sp³-hybridized carbons (Fsp3) is 0.333. The first-order valence-electron chi connectivity index (χ1n) is 5.42. The van der Waals surface area contributed by atoms with Crippen molar-refractivity contribution >= 4 is 11.3 Å². The van der Waals surface area contributed by atoms with Gasteiger partial charge in [-0.05, 0) is 37.2 Å². The lowest BCUT2D eigenvalue weighted by atomic mass is 10.1. The van der Waals surface area contributed by atoms with Crippen LogP contribution in [0.25, 0.3) is 10.6 Å². The summed E-state index contributed by atoms with van der Waals surface area (Å²) in [5.41, 5.74) is 7.74. The van der Waals surface area contributed by atoms with Gasteiger partial charge in [0.15, 0.2) is 0 Å². The summed E-state index contributed by atoms with van der Waals surface area (Å²) in [4.78, 5) is 0. The first kappa shape index (κ1) is 12.0. The summed E-state index contributed by atoms with van der Waals surface area (Å²) in [5.74, 6) is 0.859. The van der Waals surface area contributed by atoms with Crippen LogP contribution in [-0.4, -0.2) is 23.9 Å². The van der Waals surface area contributed by atoms with Crippen LogP contribution in [0.4, 0.5) is 0 Å². The van der Waals surface area contributed by atoms with E-state index in [4.69, 9.17) is 10.5 Å². The second-order valence-electron chi connectivity index (χ2n) is 3.72. The fourth-order valence-electron chi connectivity index (χ4n) is 1.59. The third kappa shape index (κ3) is 2.62. The topological polar surface area (TPSA) is 61.0 Å². The Hall–Kier alpha value is -1.46. The molecule has 17 heavy (non-hydrogen) atoms. The monoisotopic (exact) mass is 249 g/mol. The van der Waals surface area contributed by atoms with Crippen molar-refractivity contribution in [2.45, 2.75) is 13.3 Å². The lowest BCUT2D eigenvalue weighted by Gasteiger charge is -2.04. The highest BCUT2D eigenvalue weighted by molar-refractivity contribution is 7.14. The highest BCUT2D eigenvalue weighted by Crippen LogP contribution is 2.29. The largest absolute Gasteiger partial charge is 0.497 e. The van der Waals surface area contributed by atoms with Gasteiger partial charge in [-0.15, -0.1) is 10.2 Å². The van der Waals surface area contributed by atoms with E-state index in [0.717, 1.165) is 33.3 Å². The van der Waals surface area contributed by atoms with Gasteiger partial charge in [-0.1, -0.05) is 11.3 Å². The molecule has 5 heteroatoms. The molecule has 0 unspecified atom stereocenters. The van der Waals surface area contributed by atoms with E-state index in [-0.39, 0.29) is 0 Å². The molecule has 0 amide bonds. The van der Waals surface area contributed by atoms with Gasteiger partial charge in [-0.3, -0.25) is 0 Å². The van der Waals surface area contributed by atoms with Crippen molar-refractivity contribution in [1.29, 1.82) is 0 Å². The van der Waals surface area contributed by atoms with Crippen LogP contribution in [0.2, 0.25) is 0 Å². The van der Waals surface area contributed by atoms with E-state index in [1.165, 1.54) is 0 Å². The molecule has 4 nitrogen and oxygen atoms in total. The molecule has 0 aliphatic heterocycles. The van der Waals surface area contributed by atoms with Crippen LogP contribution in [0.15, 0.2) is 18.2 Å². The molecule has 0 saturated carbocycles. The van der Waals surface area contributed by atoms with Crippen LogP contribution in [0.1, 0.15) is 10.6 Å². The first-order chi connectivity index (χ1) is 8.24. The minimum Gasteiger partial charge on any atom is -0.497 e. The molecule has 1 aromatic heterocycles. The van der Waals surface area contributed by atoms with E-state index in [1.807, 2.05) is 25.1 Å². The molecule has 0 bridgehead atoms. The lowest BCUT2D eigenvalue weighted by Crippen LogP contribution is -2.01. The van der Waals surface area contributed by atoms with Gasteiger partial charge in [-0.2, -0.15) is 0 Å². The van der Waals surface area contributed by atoms with E-state index in [1.54, 1.807) is 18.4 Å². The third-order valence-corrected chi connectivity index (χ3v) is 3.51. The Morgan fingerprint density at radius 1 is 1.35 bits per heavy atom. The Morgan fingerprint density at radius 2 is 2.18 bits per heavy atom. The van der Waals surface area contributed by atoms with E-state index >= 15 is 0 Å². The maximum absolute atomic E-state index is 5.50. The number of hydrogen-bond donors (Lipinski definition) is 1. The quantitative estimate of drug-likeness (QED) is 0.900. The third-order valence-electron chi connectivity index (χ3n) is 2.49. The molecule has 0 fully saturated rings. The molecule has 1 heterocycles. The Kier molecular flexibility index (Phi) is 3.71. The number of aromatic nitrogens is 2. The summed E-state index contributed by atoms with van der Waals surface area (Å²) >= 11 is 1.60. The van der Waals surface area contributed by atoms with Gasteiger partial charge in [0, 0.05) is 12.0 Å². The molecule has 2 N–H and O–H groups in total. The summed E-state index contributed by atoms with van der Waals surface area (Å²) in [5, 5.41) is 10.2. The van der Waals surface area contributed by atoms with Crippen LogP contribution in [0.3, 0.4) is 0 Å². The number of nitrogens with zero attached hydrogens (tertiary/aromatic N) is 2. The minimum atomic E-state index is 0.607. The Balaban J connectivity index is 2.32. The predicted octanol–water partition coefficient (Wildman–Crippen LogP) is 2.02. The average molecular weight is 249 g/mol. The molecule has 2 rings (SSSR count). The van der Waals surface area contributed by atoms with E-state index in [9.17, 15) is 0 Å². The molecular weight excluding hydrogens is 234 g/mol. The zero-order valence-electron chi connectivity index (χ0n) is 9.93. The van der Waals surface area contributed by atoms with Gasteiger partial charge in [-0.25, -0.2) is 0 Å². The Bertz CT molecular complexity index is 510. The summed E-state index contributed by atoms with van der Waals surface area (Å²) in [6, 6.07) is 5.95. The van der Waals surface area contributed by atoms with Crippen LogP contribution < -0.4 is 10.5 Å². The smallest absolute Gasteiger partial charge is 0.148 e. The normalized spacial score (nSPS) is 10.5. The SMILES string of the molecule is COc1ccc(-c2nnc(CCN)s2)c(C)c1. The van der Waals surface area contributed by atoms with Crippen LogP contribution in [0.5, 0.6) is 5.75 Å². The standard InChI is InChI=1S/C12H15N3OS/c1-8-7-9(16-2)3-4-10(8)12-15-14-11(17-12)5-6-13/h3-4,7H,5-6,13H2,1-2H3. The zero-order chi connectivity index (χ0) is 12.3. The second-order valence-corrected chi connectivity index (χ2v) is 4.78. The van der Waals surface area contributed by atoms with Crippen molar-refractivity contribution < 1.29 is 4.74 Å². The summed E-state index contributed by atoms with van der Waals surface area (Å²) in [6.45, 7) is 2.65. The maximum Gasteiger partial charge on any atom is 0.148 e. The molecule has 0 radical (unpaired) electrons. The van der Waals surface area contributed by atoms with Crippen LogP contribution >= 0.6 is 11.3 Å². The Labute approximate surface area is 104 Å². The van der Waals surface area contributed by atoms with Crippen molar-refractivity contribution in [2.24, 2.45) is 5.73 Å². The van der Waals surface area contributed by atoms with Gasteiger partial charge < -0.3 is 10.5 Å². The predicted molar refractivity (Wildman–Crippen MR) is 69.4 cm³/mol. The molecule has 0 spiro atoms. The van der Waals surface area contributed by atoms with E-state index in [0.29, 0.717) is 6.54 Å². The minimum absolute atomic E-state index is 0.607. The van der Waals surface area contributed by atoms with Crippen molar-refractivity contribution in [3.8, 4) is 16.3 Å². The second kappa shape index (κ2) is 5.25. The lowest BCUT2D eigenvalue weighted by molar-refractivity contribution is 0.414. The van der Waals surface area contributed by atoms with Gasteiger partial charge in [0.1, 0.15) is 15.8 Å². The molecular formula is C12H15N3OS. The number of rotatable bonds is 4. The average Bonchev–Trinajstić information content (AvgIpc) is 2.78. The highest BCUT2D eigenvalue weighted by atomic mass is 32.1. The highest BCUT2D eigenvalue weighted by Gasteiger charge is 2.09. The number of ether oxygens (including phenoxy) is 1. The van der Waals surface area contributed by atoms with Crippen molar-refractivity contribution in [3.63, 3.8) is 0 Å². The fourth-order valence-corrected chi connectivity index (χ4v) is 2.54. The number of hydrogen-bond acceptors (Lipinski definition) is 5. The molecule has 2 aromatic rings. The van der Waals surface area contributed by atoms with Gasteiger partial charge in [0.05, 0.1) is 7.11 Å².